The molecule has 0 spiro atoms. The van der Waals surface area contributed by atoms with Crippen LogP contribution in [0.3, 0.4) is 0 Å². The topological polar surface area (TPSA) is 89.9 Å². The van der Waals surface area contributed by atoms with E-state index in [2.05, 4.69) is 17.9 Å². The average molecular weight is 324 g/mol. The van der Waals surface area contributed by atoms with Crippen LogP contribution in [0.1, 0.15) is 26.7 Å². The van der Waals surface area contributed by atoms with Crippen molar-refractivity contribution in [3.8, 4) is 0 Å². The Morgan fingerprint density at radius 1 is 1.13 bits per heavy atom. The molecule has 0 rings (SSSR count). The van der Waals surface area contributed by atoms with Gasteiger partial charge in [-0.3, -0.25) is 0 Å². The van der Waals surface area contributed by atoms with Crippen LogP contribution in [0.5, 0.6) is 0 Å². The molecule has 0 heterocycles. The summed E-state index contributed by atoms with van der Waals surface area (Å²) in [5.74, 6) is -2.10. The van der Waals surface area contributed by atoms with Crippen LogP contribution in [0.2, 0.25) is 0 Å². The summed E-state index contributed by atoms with van der Waals surface area (Å²) in [6.07, 6.45) is 8.21. The van der Waals surface area contributed by atoms with Gasteiger partial charge >= 0.3 is 17.9 Å². The summed E-state index contributed by atoms with van der Waals surface area (Å²) in [6.45, 7) is 11.5. The molecular weight excluding hydrogens is 300 g/mol. The Bertz CT molecular complexity index is 460. The third-order valence-electron chi connectivity index (χ3n) is 2.01. The molecule has 0 fully saturated rings. The third kappa shape index (κ3) is 17.3. The summed E-state index contributed by atoms with van der Waals surface area (Å²) >= 11 is 0. The van der Waals surface area contributed by atoms with E-state index in [1.165, 1.54) is 0 Å². The van der Waals surface area contributed by atoms with Crippen LogP contribution in [0.25, 0.3) is 0 Å². The molecule has 0 bridgehead atoms. The molecule has 23 heavy (non-hydrogen) atoms. The second-order valence-electron chi connectivity index (χ2n) is 4.03. The summed E-state index contributed by atoms with van der Waals surface area (Å²) in [7, 11) is 0. The lowest BCUT2D eigenvalue weighted by Gasteiger charge is -2.02. The van der Waals surface area contributed by atoms with E-state index < -0.39 is 11.9 Å². The molecule has 128 valence electrons. The van der Waals surface area contributed by atoms with Gasteiger partial charge in [-0.1, -0.05) is 38.3 Å². The number of rotatable bonds is 9. The number of carbonyl (C=O) groups is 3. The fourth-order valence-electron chi connectivity index (χ4n) is 1.02. The fraction of sp³-hybridized carbons (Fsp3) is 0.353. The number of aliphatic carboxylic acids is 1. The lowest BCUT2D eigenvalue weighted by molar-refractivity contribution is -0.139. The minimum absolute atomic E-state index is 0.253. The Balaban J connectivity index is 0. The first-order valence-electron chi connectivity index (χ1n) is 7.09. The van der Waals surface area contributed by atoms with E-state index in [9.17, 15) is 14.4 Å². The zero-order chi connectivity index (χ0) is 18.1. The lowest BCUT2D eigenvalue weighted by Crippen LogP contribution is -2.07. The normalized spacial score (nSPS) is 9.83. The van der Waals surface area contributed by atoms with E-state index in [0.717, 1.165) is 18.6 Å². The Morgan fingerprint density at radius 3 is 2.26 bits per heavy atom. The molecule has 0 radical (unpaired) electrons. The molecule has 0 atom stereocenters. The standard InChI is InChI=1S/C11H16O2.C6H8O4/c1-4-6-7-8-10(3)11(12)13-9-5-2;1-2-10-6(9)4-3-5(7)8/h4,6-7H,1,3,5,8-9H2,2H3;3-4H,2H2,1H3,(H,7,8). The van der Waals surface area contributed by atoms with Gasteiger partial charge < -0.3 is 14.6 Å². The highest BCUT2D eigenvalue weighted by atomic mass is 16.5. The second kappa shape index (κ2) is 15.8. The fourth-order valence-corrected chi connectivity index (χ4v) is 1.02. The number of allylic oxidation sites excluding steroid dienone is 3. The number of ether oxygens (including phenoxy) is 2. The first kappa shape index (κ1) is 22.6. The number of carbonyl (C=O) groups excluding carboxylic acids is 2. The van der Waals surface area contributed by atoms with Crippen LogP contribution < -0.4 is 0 Å². The van der Waals surface area contributed by atoms with Crippen molar-refractivity contribution in [1.82, 2.24) is 0 Å². The Labute approximate surface area is 136 Å². The van der Waals surface area contributed by atoms with Crippen LogP contribution in [-0.2, 0) is 23.9 Å². The van der Waals surface area contributed by atoms with Crippen molar-refractivity contribution in [2.24, 2.45) is 0 Å². The van der Waals surface area contributed by atoms with Crippen LogP contribution in [0, 0.1) is 0 Å². The van der Waals surface area contributed by atoms with Gasteiger partial charge in [0, 0.05) is 17.7 Å². The maximum absolute atomic E-state index is 11.1. The van der Waals surface area contributed by atoms with Gasteiger partial charge in [0.15, 0.2) is 0 Å². The molecule has 0 aromatic rings. The maximum Gasteiger partial charge on any atom is 0.333 e. The SMILES string of the molecule is C=CC=CCC(=C)C(=O)OCCC.CCOC(=O)C=CC(=O)O. The molecule has 0 aliphatic rings. The molecule has 6 nitrogen and oxygen atoms in total. The third-order valence-corrected chi connectivity index (χ3v) is 2.01. The summed E-state index contributed by atoms with van der Waals surface area (Å²) in [4.78, 5) is 31.3. The van der Waals surface area contributed by atoms with Crippen LogP contribution in [0.15, 0.2) is 49.1 Å². The molecular formula is C17H24O6. The summed E-state index contributed by atoms with van der Waals surface area (Å²) in [5.41, 5.74) is 0.478. The van der Waals surface area contributed by atoms with Crippen LogP contribution in [0.4, 0.5) is 0 Å². The van der Waals surface area contributed by atoms with E-state index in [4.69, 9.17) is 9.84 Å². The van der Waals surface area contributed by atoms with E-state index >= 15 is 0 Å². The van der Waals surface area contributed by atoms with Gasteiger partial charge in [0.1, 0.15) is 0 Å². The highest BCUT2D eigenvalue weighted by Gasteiger charge is 2.04. The highest BCUT2D eigenvalue weighted by molar-refractivity contribution is 5.90. The molecule has 0 aromatic heterocycles. The Hall–Kier alpha value is -2.63. The van der Waals surface area contributed by atoms with Gasteiger partial charge in [0.2, 0.25) is 0 Å². The molecule has 0 aliphatic carbocycles. The minimum Gasteiger partial charge on any atom is -0.478 e. The number of hydrogen-bond donors (Lipinski definition) is 1. The quantitative estimate of drug-likeness (QED) is 0.398. The lowest BCUT2D eigenvalue weighted by atomic mass is 10.2. The zero-order valence-corrected chi connectivity index (χ0v) is 13.6. The van der Waals surface area contributed by atoms with Crippen molar-refractivity contribution in [2.75, 3.05) is 13.2 Å². The second-order valence-corrected chi connectivity index (χ2v) is 4.03. The smallest absolute Gasteiger partial charge is 0.333 e. The minimum atomic E-state index is -1.16. The number of carboxylic acids is 1. The number of esters is 2. The summed E-state index contributed by atoms with van der Waals surface area (Å²) in [6, 6.07) is 0. The van der Waals surface area contributed by atoms with Crippen molar-refractivity contribution < 1.29 is 29.0 Å². The highest BCUT2D eigenvalue weighted by Crippen LogP contribution is 2.02. The van der Waals surface area contributed by atoms with Gasteiger partial charge in [-0.15, -0.1) is 0 Å². The predicted octanol–water partition coefficient (Wildman–Crippen LogP) is 2.82. The van der Waals surface area contributed by atoms with Crippen LogP contribution >= 0.6 is 0 Å². The largest absolute Gasteiger partial charge is 0.478 e. The van der Waals surface area contributed by atoms with E-state index in [1.807, 2.05) is 13.0 Å². The van der Waals surface area contributed by atoms with Crippen molar-refractivity contribution in [2.45, 2.75) is 26.7 Å². The molecule has 0 amide bonds. The van der Waals surface area contributed by atoms with E-state index in [-0.39, 0.29) is 12.6 Å². The van der Waals surface area contributed by atoms with Gasteiger partial charge in [-0.25, -0.2) is 14.4 Å². The van der Waals surface area contributed by atoms with Gasteiger partial charge in [-0.05, 0) is 19.8 Å². The van der Waals surface area contributed by atoms with Crippen molar-refractivity contribution in [1.29, 1.82) is 0 Å². The van der Waals surface area contributed by atoms with E-state index in [0.29, 0.717) is 18.6 Å². The molecule has 0 saturated carbocycles. The van der Waals surface area contributed by atoms with Gasteiger partial charge in [0.25, 0.3) is 0 Å². The predicted molar refractivity (Wildman–Crippen MR) is 87.8 cm³/mol. The molecule has 1 N–H and O–H groups in total. The van der Waals surface area contributed by atoms with Crippen LogP contribution in [-0.4, -0.2) is 36.2 Å². The first-order chi connectivity index (χ1) is 10.9. The summed E-state index contributed by atoms with van der Waals surface area (Å²) < 4.78 is 9.29. The molecule has 6 heteroatoms. The molecule has 0 aliphatic heterocycles. The maximum atomic E-state index is 11.1. The average Bonchev–Trinajstić information content (AvgIpc) is 2.51. The Morgan fingerprint density at radius 2 is 1.78 bits per heavy atom. The zero-order valence-electron chi connectivity index (χ0n) is 13.6. The van der Waals surface area contributed by atoms with E-state index in [1.54, 1.807) is 19.1 Å². The van der Waals surface area contributed by atoms with Crippen molar-refractivity contribution in [3.63, 3.8) is 0 Å². The number of carboxylic acid groups (broad SMARTS) is 1. The Kier molecular flexibility index (Phi) is 15.5. The number of hydrogen-bond acceptors (Lipinski definition) is 5. The monoisotopic (exact) mass is 324 g/mol. The van der Waals surface area contributed by atoms with Gasteiger partial charge in [-0.2, -0.15) is 0 Å². The van der Waals surface area contributed by atoms with Gasteiger partial charge in [0.05, 0.1) is 13.2 Å². The molecule has 0 aromatic carbocycles. The van der Waals surface area contributed by atoms with Crippen molar-refractivity contribution >= 4 is 17.9 Å². The first-order valence-corrected chi connectivity index (χ1v) is 7.09. The molecule has 0 unspecified atom stereocenters. The summed E-state index contributed by atoms with van der Waals surface area (Å²) in [5, 5.41) is 8.04. The van der Waals surface area contributed by atoms with Crippen molar-refractivity contribution in [3.05, 3.63) is 49.1 Å². The molecule has 0 saturated heterocycles.